The van der Waals surface area contributed by atoms with Crippen molar-refractivity contribution in [2.75, 3.05) is 0 Å². The van der Waals surface area contributed by atoms with Crippen molar-refractivity contribution in [2.24, 2.45) is 11.3 Å². The average molecular weight is 170 g/mol. The van der Waals surface area contributed by atoms with E-state index in [1.807, 2.05) is 0 Å². The second-order valence-corrected chi connectivity index (χ2v) is 4.98. The summed E-state index contributed by atoms with van der Waals surface area (Å²) in [6.45, 7) is 6.84. The Hall–Kier alpha value is -0.0400. The van der Waals surface area contributed by atoms with Crippen molar-refractivity contribution >= 4 is 0 Å². The van der Waals surface area contributed by atoms with Crippen LogP contribution in [0, 0.1) is 11.3 Å². The molecule has 0 aromatic heterocycles. The first kappa shape index (κ1) is 10.0. The molecule has 1 heteroatoms. The van der Waals surface area contributed by atoms with Gasteiger partial charge in [-0.25, -0.2) is 0 Å². The Kier molecular flexibility index (Phi) is 3.16. The summed E-state index contributed by atoms with van der Waals surface area (Å²) in [4.78, 5) is 0. The van der Waals surface area contributed by atoms with Crippen molar-refractivity contribution in [3.63, 3.8) is 0 Å². The minimum Gasteiger partial charge on any atom is -0.393 e. The molecule has 1 aliphatic carbocycles. The maximum Gasteiger partial charge on any atom is 0.0568 e. The fourth-order valence-corrected chi connectivity index (χ4v) is 2.11. The van der Waals surface area contributed by atoms with E-state index in [-0.39, 0.29) is 6.10 Å². The van der Waals surface area contributed by atoms with Gasteiger partial charge < -0.3 is 5.11 Å². The Morgan fingerprint density at radius 3 is 2.42 bits per heavy atom. The highest BCUT2D eigenvalue weighted by Crippen LogP contribution is 2.37. The molecule has 1 rings (SSSR count). The molecule has 12 heavy (non-hydrogen) atoms. The monoisotopic (exact) mass is 170 g/mol. The summed E-state index contributed by atoms with van der Waals surface area (Å²) in [6.07, 6.45) is 5.91. The second kappa shape index (κ2) is 3.78. The van der Waals surface area contributed by atoms with Crippen molar-refractivity contribution in [3.05, 3.63) is 0 Å². The molecule has 1 N–H and O–H groups in total. The van der Waals surface area contributed by atoms with Crippen LogP contribution < -0.4 is 0 Å². The summed E-state index contributed by atoms with van der Waals surface area (Å²) in [7, 11) is 0. The smallest absolute Gasteiger partial charge is 0.0568 e. The van der Waals surface area contributed by atoms with Gasteiger partial charge in [-0.1, -0.05) is 33.6 Å². The third-order valence-electron chi connectivity index (χ3n) is 3.39. The molecule has 0 aliphatic heterocycles. The van der Waals surface area contributed by atoms with Gasteiger partial charge in [0.25, 0.3) is 0 Å². The van der Waals surface area contributed by atoms with Crippen LogP contribution in [0.15, 0.2) is 0 Å². The summed E-state index contributed by atoms with van der Waals surface area (Å²) >= 11 is 0. The van der Waals surface area contributed by atoms with Crippen LogP contribution >= 0.6 is 0 Å². The lowest BCUT2D eigenvalue weighted by Crippen LogP contribution is -2.21. The third kappa shape index (κ3) is 2.48. The van der Waals surface area contributed by atoms with Crippen LogP contribution in [0.25, 0.3) is 0 Å². The third-order valence-corrected chi connectivity index (χ3v) is 3.39. The van der Waals surface area contributed by atoms with E-state index in [4.69, 9.17) is 0 Å². The number of aliphatic hydroxyl groups excluding tert-OH is 1. The van der Waals surface area contributed by atoms with Crippen LogP contribution in [-0.2, 0) is 0 Å². The molecule has 0 spiro atoms. The zero-order chi connectivity index (χ0) is 9.19. The summed E-state index contributed by atoms with van der Waals surface area (Å²) in [5.41, 5.74) is 0.427. The van der Waals surface area contributed by atoms with Crippen LogP contribution in [0.5, 0.6) is 0 Å². The molecular weight excluding hydrogens is 148 g/mol. The maximum absolute atomic E-state index is 9.65. The van der Waals surface area contributed by atoms with Crippen LogP contribution in [0.2, 0.25) is 0 Å². The molecule has 72 valence electrons. The topological polar surface area (TPSA) is 20.2 Å². The molecule has 1 aliphatic rings. The number of hydrogen-bond donors (Lipinski definition) is 1. The van der Waals surface area contributed by atoms with Crippen molar-refractivity contribution < 1.29 is 5.11 Å². The summed E-state index contributed by atoms with van der Waals surface area (Å²) in [5, 5.41) is 9.65. The van der Waals surface area contributed by atoms with Gasteiger partial charge in [0.05, 0.1) is 6.10 Å². The fourth-order valence-electron chi connectivity index (χ4n) is 2.11. The first-order valence-corrected chi connectivity index (χ1v) is 5.23. The van der Waals surface area contributed by atoms with Crippen LogP contribution in [0.1, 0.15) is 52.9 Å². The molecule has 0 aromatic carbocycles. The minimum absolute atomic E-state index is 0.00387. The molecule has 1 saturated carbocycles. The zero-order valence-electron chi connectivity index (χ0n) is 8.64. The highest BCUT2D eigenvalue weighted by Gasteiger charge is 2.30. The summed E-state index contributed by atoms with van der Waals surface area (Å²) < 4.78 is 0. The standard InChI is InChI=1S/C11H22O/c1-4-11(2,3)8-9-6-5-7-10(9)12/h9-10,12H,4-8H2,1-3H3. The predicted molar refractivity (Wildman–Crippen MR) is 52.0 cm³/mol. The lowest BCUT2D eigenvalue weighted by molar-refractivity contribution is 0.101. The SMILES string of the molecule is CCC(C)(C)CC1CCCC1O. The van der Waals surface area contributed by atoms with E-state index in [0.717, 1.165) is 6.42 Å². The Bertz CT molecular complexity index is 140. The molecule has 0 radical (unpaired) electrons. The van der Waals surface area contributed by atoms with Crippen molar-refractivity contribution in [2.45, 2.75) is 59.0 Å². The molecular formula is C11H22O. The highest BCUT2D eigenvalue weighted by molar-refractivity contribution is 4.81. The normalized spacial score (nSPS) is 31.0. The Morgan fingerprint density at radius 1 is 1.33 bits per heavy atom. The van der Waals surface area contributed by atoms with Gasteiger partial charge in [-0.15, -0.1) is 0 Å². The number of rotatable bonds is 3. The average Bonchev–Trinajstić information content (AvgIpc) is 2.36. The van der Waals surface area contributed by atoms with Crippen molar-refractivity contribution in [3.8, 4) is 0 Å². The lowest BCUT2D eigenvalue weighted by Gasteiger charge is -2.27. The van der Waals surface area contributed by atoms with Gasteiger partial charge in [0.1, 0.15) is 0 Å². The van der Waals surface area contributed by atoms with Crippen molar-refractivity contribution in [1.29, 1.82) is 0 Å². The van der Waals surface area contributed by atoms with Gasteiger partial charge in [0.2, 0.25) is 0 Å². The van der Waals surface area contributed by atoms with Gasteiger partial charge >= 0.3 is 0 Å². The molecule has 0 saturated heterocycles. The van der Waals surface area contributed by atoms with Gasteiger partial charge in [-0.2, -0.15) is 0 Å². The largest absolute Gasteiger partial charge is 0.393 e. The zero-order valence-corrected chi connectivity index (χ0v) is 8.64. The quantitative estimate of drug-likeness (QED) is 0.690. The van der Waals surface area contributed by atoms with Crippen LogP contribution in [-0.4, -0.2) is 11.2 Å². The van der Waals surface area contributed by atoms with E-state index < -0.39 is 0 Å². The first-order valence-electron chi connectivity index (χ1n) is 5.23. The Balaban J connectivity index is 2.39. The van der Waals surface area contributed by atoms with Gasteiger partial charge in [-0.05, 0) is 30.6 Å². The first-order chi connectivity index (χ1) is 5.55. The fraction of sp³-hybridized carbons (Fsp3) is 1.00. The molecule has 2 unspecified atom stereocenters. The van der Waals surface area contributed by atoms with E-state index in [1.165, 1.54) is 25.7 Å². The van der Waals surface area contributed by atoms with E-state index >= 15 is 0 Å². The Morgan fingerprint density at radius 2 is 2.00 bits per heavy atom. The van der Waals surface area contributed by atoms with Gasteiger partial charge in [0.15, 0.2) is 0 Å². The highest BCUT2D eigenvalue weighted by atomic mass is 16.3. The molecule has 1 nitrogen and oxygen atoms in total. The van der Waals surface area contributed by atoms with E-state index in [2.05, 4.69) is 20.8 Å². The number of hydrogen-bond acceptors (Lipinski definition) is 1. The van der Waals surface area contributed by atoms with Crippen LogP contribution in [0.3, 0.4) is 0 Å². The molecule has 0 amide bonds. The minimum atomic E-state index is -0.00387. The summed E-state index contributed by atoms with van der Waals surface area (Å²) in [5.74, 6) is 0.583. The Labute approximate surface area is 76.2 Å². The molecule has 1 fully saturated rings. The van der Waals surface area contributed by atoms with Gasteiger partial charge in [-0.3, -0.25) is 0 Å². The second-order valence-electron chi connectivity index (χ2n) is 4.98. The molecule has 0 heterocycles. The van der Waals surface area contributed by atoms with Crippen molar-refractivity contribution in [1.82, 2.24) is 0 Å². The maximum atomic E-state index is 9.65. The predicted octanol–water partition coefficient (Wildman–Crippen LogP) is 2.97. The van der Waals surface area contributed by atoms with E-state index in [9.17, 15) is 5.11 Å². The molecule has 2 atom stereocenters. The van der Waals surface area contributed by atoms with E-state index in [0.29, 0.717) is 11.3 Å². The van der Waals surface area contributed by atoms with E-state index in [1.54, 1.807) is 0 Å². The molecule has 0 bridgehead atoms. The summed E-state index contributed by atoms with van der Waals surface area (Å²) in [6, 6.07) is 0. The van der Waals surface area contributed by atoms with Crippen LogP contribution in [0.4, 0.5) is 0 Å². The lowest BCUT2D eigenvalue weighted by atomic mass is 9.79. The number of aliphatic hydroxyl groups is 1. The molecule has 0 aromatic rings. The van der Waals surface area contributed by atoms with Gasteiger partial charge in [0, 0.05) is 0 Å².